The molecule has 0 atom stereocenters. The number of hydrogen-bond acceptors (Lipinski definition) is 1. The van der Waals surface area contributed by atoms with E-state index in [-0.39, 0.29) is 5.82 Å². The molecule has 0 bridgehead atoms. The molecule has 0 saturated heterocycles. The first-order chi connectivity index (χ1) is 8.75. The van der Waals surface area contributed by atoms with Crippen molar-refractivity contribution in [2.45, 2.75) is 57.5 Å². The minimum absolute atomic E-state index is 0.214. The van der Waals surface area contributed by atoms with Gasteiger partial charge in [-0.15, -0.1) is 0 Å². The fraction of sp³-hybridized carbons (Fsp3) is 0.600. The van der Waals surface area contributed by atoms with Crippen LogP contribution in [0.15, 0.2) is 18.2 Å². The molecule has 0 radical (unpaired) electrons. The van der Waals surface area contributed by atoms with E-state index in [4.69, 9.17) is 11.6 Å². The number of benzene rings is 1. The van der Waals surface area contributed by atoms with Gasteiger partial charge in [0, 0.05) is 17.6 Å². The summed E-state index contributed by atoms with van der Waals surface area (Å²) in [4.78, 5) is 0. The standard InChI is InChI=1S/C15H21ClFN/c16-15-9-8-13(17)10-12(15)11-18-14-6-4-2-1-3-5-7-14/h8-10,14,18H,1-7,11H2. The highest BCUT2D eigenvalue weighted by Crippen LogP contribution is 2.20. The van der Waals surface area contributed by atoms with Crippen molar-refractivity contribution in [2.24, 2.45) is 0 Å². The lowest BCUT2D eigenvalue weighted by Gasteiger charge is -2.21. The predicted octanol–water partition coefficient (Wildman–Crippen LogP) is 4.68. The Hall–Kier alpha value is -0.600. The normalized spacial score (nSPS) is 18.3. The molecular formula is C15H21ClFN. The Kier molecular flexibility index (Phi) is 5.45. The zero-order chi connectivity index (χ0) is 12.8. The van der Waals surface area contributed by atoms with Crippen molar-refractivity contribution in [3.63, 3.8) is 0 Å². The third-order valence-electron chi connectivity index (χ3n) is 3.69. The van der Waals surface area contributed by atoms with Crippen LogP contribution in [0.25, 0.3) is 0 Å². The third kappa shape index (κ3) is 4.25. The molecule has 0 amide bonds. The van der Waals surface area contributed by atoms with Crippen molar-refractivity contribution in [2.75, 3.05) is 0 Å². The number of halogens is 2. The topological polar surface area (TPSA) is 12.0 Å². The maximum atomic E-state index is 13.1. The van der Waals surface area contributed by atoms with Crippen molar-refractivity contribution < 1.29 is 4.39 Å². The van der Waals surface area contributed by atoms with Crippen LogP contribution in [0, 0.1) is 5.82 Å². The average Bonchev–Trinajstić information content (AvgIpc) is 2.32. The van der Waals surface area contributed by atoms with Crippen molar-refractivity contribution in [1.82, 2.24) is 5.32 Å². The Labute approximate surface area is 114 Å². The van der Waals surface area contributed by atoms with Crippen molar-refractivity contribution in [3.8, 4) is 0 Å². The lowest BCUT2D eigenvalue weighted by molar-refractivity contribution is 0.389. The Morgan fingerprint density at radius 1 is 1.11 bits per heavy atom. The van der Waals surface area contributed by atoms with Gasteiger partial charge in [0.1, 0.15) is 5.82 Å². The fourth-order valence-corrected chi connectivity index (χ4v) is 2.78. The molecule has 1 aromatic carbocycles. The van der Waals surface area contributed by atoms with Gasteiger partial charge in [0.05, 0.1) is 0 Å². The van der Waals surface area contributed by atoms with Gasteiger partial charge < -0.3 is 5.32 Å². The van der Waals surface area contributed by atoms with Crippen LogP contribution in [-0.4, -0.2) is 6.04 Å². The molecule has 1 fully saturated rings. The molecule has 1 nitrogen and oxygen atoms in total. The predicted molar refractivity (Wildman–Crippen MR) is 74.4 cm³/mol. The van der Waals surface area contributed by atoms with Crippen LogP contribution in [0.5, 0.6) is 0 Å². The first kappa shape index (κ1) is 13.8. The van der Waals surface area contributed by atoms with Gasteiger partial charge in [-0.25, -0.2) is 4.39 Å². The second-order valence-electron chi connectivity index (χ2n) is 5.16. The maximum Gasteiger partial charge on any atom is 0.123 e. The monoisotopic (exact) mass is 269 g/mol. The van der Waals surface area contributed by atoms with E-state index in [1.807, 2.05) is 0 Å². The van der Waals surface area contributed by atoms with Gasteiger partial charge in [0.25, 0.3) is 0 Å². The molecule has 2 rings (SSSR count). The summed E-state index contributed by atoms with van der Waals surface area (Å²) >= 11 is 6.07. The molecule has 18 heavy (non-hydrogen) atoms. The molecule has 1 N–H and O–H groups in total. The van der Waals surface area contributed by atoms with Crippen LogP contribution >= 0.6 is 11.6 Å². The van der Waals surface area contributed by atoms with E-state index in [2.05, 4.69) is 5.32 Å². The zero-order valence-electron chi connectivity index (χ0n) is 10.7. The van der Waals surface area contributed by atoms with Crippen LogP contribution in [0.2, 0.25) is 5.02 Å². The summed E-state index contributed by atoms with van der Waals surface area (Å²) < 4.78 is 13.1. The Balaban J connectivity index is 1.87. The first-order valence-corrected chi connectivity index (χ1v) is 7.31. The fourth-order valence-electron chi connectivity index (χ4n) is 2.59. The number of nitrogens with one attached hydrogen (secondary N) is 1. The quantitative estimate of drug-likeness (QED) is 0.840. The highest BCUT2D eigenvalue weighted by molar-refractivity contribution is 6.31. The highest BCUT2D eigenvalue weighted by Gasteiger charge is 2.11. The molecule has 0 unspecified atom stereocenters. The summed E-state index contributed by atoms with van der Waals surface area (Å²) in [6.07, 6.45) is 9.13. The smallest absolute Gasteiger partial charge is 0.123 e. The van der Waals surface area contributed by atoms with Gasteiger partial charge in [0.15, 0.2) is 0 Å². The van der Waals surface area contributed by atoms with E-state index in [0.717, 1.165) is 5.56 Å². The summed E-state index contributed by atoms with van der Waals surface area (Å²) in [7, 11) is 0. The molecule has 1 saturated carbocycles. The van der Waals surface area contributed by atoms with Crippen molar-refractivity contribution in [3.05, 3.63) is 34.6 Å². The van der Waals surface area contributed by atoms with Gasteiger partial charge in [-0.2, -0.15) is 0 Å². The zero-order valence-corrected chi connectivity index (χ0v) is 11.5. The molecule has 1 aromatic rings. The van der Waals surface area contributed by atoms with Crippen LogP contribution in [-0.2, 0) is 6.54 Å². The van der Waals surface area contributed by atoms with E-state index in [9.17, 15) is 4.39 Å². The second kappa shape index (κ2) is 7.10. The minimum atomic E-state index is -0.214. The van der Waals surface area contributed by atoms with Gasteiger partial charge in [-0.05, 0) is 36.6 Å². The van der Waals surface area contributed by atoms with Gasteiger partial charge in [-0.3, -0.25) is 0 Å². The van der Waals surface area contributed by atoms with Crippen molar-refractivity contribution >= 4 is 11.6 Å². The van der Waals surface area contributed by atoms with Gasteiger partial charge in [0.2, 0.25) is 0 Å². The average molecular weight is 270 g/mol. The van der Waals surface area contributed by atoms with E-state index in [0.29, 0.717) is 17.6 Å². The molecule has 3 heteroatoms. The molecule has 1 aliphatic carbocycles. The lowest BCUT2D eigenvalue weighted by Crippen LogP contribution is -2.29. The summed E-state index contributed by atoms with van der Waals surface area (Å²) in [5.74, 6) is -0.214. The van der Waals surface area contributed by atoms with Crippen LogP contribution in [0.4, 0.5) is 4.39 Å². The van der Waals surface area contributed by atoms with E-state index >= 15 is 0 Å². The molecule has 0 heterocycles. The Morgan fingerprint density at radius 3 is 2.50 bits per heavy atom. The number of hydrogen-bond donors (Lipinski definition) is 1. The van der Waals surface area contributed by atoms with E-state index < -0.39 is 0 Å². The van der Waals surface area contributed by atoms with Gasteiger partial charge in [-0.1, -0.05) is 43.7 Å². The van der Waals surface area contributed by atoms with E-state index in [1.165, 1.54) is 57.1 Å². The van der Waals surface area contributed by atoms with Crippen LogP contribution in [0.3, 0.4) is 0 Å². The van der Waals surface area contributed by atoms with E-state index in [1.54, 1.807) is 6.07 Å². The summed E-state index contributed by atoms with van der Waals surface area (Å²) in [6, 6.07) is 5.12. The maximum absolute atomic E-state index is 13.1. The Morgan fingerprint density at radius 2 is 1.78 bits per heavy atom. The molecule has 0 aromatic heterocycles. The van der Waals surface area contributed by atoms with Crippen LogP contribution < -0.4 is 5.32 Å². The van der Waals surface area contributed by atoms with Gasteiger partial charge >= 0.3 is 0 Å². The largest absolute Gasteiger partial charge is 0.310 e. The molecule has 1 aliphatic rings. The van der Waals surface area contributed by atoms with Crippen molar-refractivity contribution in [1.29, 1.82) is 0 Å². The minimum Gasteiger partial charge on any atom is -0.310 e. The SMILES string of the molecule is Fc1ccc(Cl)c(CNC2CCCCCCC2)c1. The summed E-state index contributed by atoms with van der Waals surface area (Å²) in [6.45, 7) is 0.668. The summed E-state index contributed by atoms with van der Waals surface area (Å²) in [5, 5.41) is 4.17. The second-order valence-corrected chi connectivity index (χ2v) is 5.57. The third-order valence-corrected chi connectivity index (χ3v) is 4.06. The molecule has 0 spiro atoms. The number of rotatable bonds is 3. The lowest BCUT2D eigenvalue weighted by atomic mass is 9.96. The highest BCUT2D eigenvalue weighted by atomic mass is 35.5. The molecule has 0 aliphatic heterocycles. The summed E-state index contributed by atoms with van der Waals surface area (Å²) in [5.41, 5.74) is 0.860. The molecular weight excluding hydrogens is 249 g/mol. The first-order valence-electron chi connectivity index (χ1n) is 6.93. The molecule has 100 valence electrons. The van der Waals surface area contributed by atoms with Crippen LogP contribution in [0.1, 0.15) is 50.5 Å². The Bertz CT molecular complexity index is 373.